The van der Waals surface area contributed by atoms with E-state index in [1.807, 2.05) is 0 Å². The van der Waals surface area contributed by atoms with Gasteiger partial charge in [0.1, 0.15) is 11.5 Å². The first-order valence-electron chi connectivity index (χ1n) is 9.10. The van der Waals surface area contributed by atoms with Gasteiger partial charge >= 0.3 is 0 Å². The van der Waals surface area contributed by atoms with Crippen LogP contribution in [-0.4, -0.2) is 39.9 Å². The van der Waals surface area contributed by atoms with E-state index in [1.54, 1.807) is 34.1 Å². The van der Waals surface area contributed by atoms with Gasteiger partial charge < -0.3 is 14.3 Å². The third-order valence-electron chi connectivity index (χ3n) is 5.62. The van der Waals surface area contributed by atoms with Gasteiger partial charge in [0.25, 0.3) is 11.8 Å². The Balaban J connectivity index is 1.72. The van der Waals surface area contributed by atoms with Gasteiger partial charge in [-0.05, 0) is 41.5 Å². The van der Waals surface area contributed by atoms with Crippen molar-refractivity contribution in [1.29, 1.82) is 0 Å². The van der Waals surface area contributed by atoms with Crippen molar-refractivity contribution in [3.8, 4) is 0 Å². The molecule has 0 spiro atoms. The molecule has 3 heterocycles. The fourth-order valence-corrected chi connectivity index (χ4v) is 4.49. The molecule has 0 bridgehead atoms. The number of benzene rings is 2. The normalized spacial score (nSPS) is 20.6. The molecule has 0 radical (unpaired) electrons. The fourth-order valence-electron chi connectivity index (χ4n) is 4.36. The molecule has 2 aliphatic rings. The van der Waals surface area contributed by atoms with E-state index in [1.165, 1.54) is 30.5 Å². The van der Waals surface area contributed by atoms with Gasteiger partial charge in [-0.3, -0.25) is 9.59 Å². The Labute approximate surface area is 170 Å². The van der Waals surface area contributed by atoms with Crippen LogP contribution >= 0.6 is 11.6 Å². The number of fused-ring (bicyclic) bond motifs is 2. The van der Waals surface area contributed by atoms with E-state index in [2.05, 4.69) is 5.16 Å². The molecule has 29 heavy (non-hydrogen) atoms. The average molecular weight is 412 g/mol. The van der Waals surface area contributed by atoms with Crippen LogP contribution in [0.2, 0.25) is 5.02 Å². The average Bonchev–Trinajstić information content (AvgIpc) is 3.37. The number of hydrogen-bond donors (Lipinski definition) is 0. The third kappa shape index (κ3) is 2.57. The smallest absolute Gasteiger partial charge is 0.294 e. The maximum Gasteiger partial charge on any atom is 0.294 e. The van der Waals surface area contributed by atoms with Gasteiger partial charge in [-0.15, -0.1) is 0 Å². The minimum atomic E-state index is -1.10. The van der Waals surface area contributed by atoms with Crippen LogP contribution in [0.4, 0.5) is 4.39 Å². The molecule has 8 heteroatoms. The lowest BCUT2D eigenvalue weighted by atomic mass is 9.83. The minimum Gasteiger partial charge on any atom is -0.351 e. The molecular weight excluding hydrogens is 397 g/mol. The number of carbonyl (C=O) groups is 2. The Bertz CT molecular complexity index is 1120. The van der Waals surface area contributed by atoms with Gasteiger partial charge in [0, 0.05) is 36.2 Å². The van der Waals surface area contributed by atoms with E-state index in [-0.39, 0.29) is 24.0 Å². The maximum atomic E-state index is 14.0. The first kappa shape index (κ1) is 17.9. The number of carbonyl (C=O) groups excluding carboxylic acids is 2. The number of hydrogen-bond acceptors (Lipinski definition) is 4. The van der Waals surface area contributed by atoms with Gasteiger partial charge in [-0.1, -0.05) is 28.9 Å². The van der Waals surface area contributed by atoms with Crippen LogP contribution in [0.5, 0.6) is 0 Å². The van der Waals surface area contributed by atoms with Crippen LogP contribution < -0.4 is 0 Å². The largest absolute Gasteiger partial charge is 0.351 e. The molecule has 5 rings (SSSR count). The van der Waals surface area contributed by atoms with Crippen molar-refractivity contribution in [1.82, 2.24) is 15.0 Å². The molecule has 0 N–H and O–H groups in total. The zero-order valence-electron chi connectivity index (χ0n) is 15.1. The van der Waals surface area contributed by atoms with Crippen LogP contribution in [0, 0.1) is 5.82 Å². The van der Waals surface area contributed by atoms with Crippen molar-refractivity contribution in [3.63, 3.8) is 0 Å². The van der Waals surface area contributed by atoms with Crippen LogP contribution in [0.3, 0.4) is 0 Å². The summed E-state index contributed by atoms with van der Waals surface area (Å²) in [5, 5.41) is 4.16. The Morgan fingerprint density at radius 3 is 2.66 bits per heavy atom. The van der Waals surface area contributed by atoms with Gasteiger partial charge in [0.05, 0.1) is 6.20 Å². The number of halogens is 2. The monoisotopic (exact) mass is 411 g/mol. The summed E-state index contributed by atoms with van der Waals surface area (Å²) in [4.78, 5) is 29.8. The van der Waals surface area contributed by atoms with Gasteiger partial charge in [-0.25, -0.2) is 4.39 Å². The van der Waals surface area contributed by atoms with E-state index < -0.39 is 11.5 Å². The van der Waals surface area contributed by atoms with Crippen molar-refractivity contribution in [2.24, 2.45) is 0 Å². The highest BCUT2D eigenvalue weighted by atomic mass is 35.5. The Hall–Kier alpha value is -3.19. The van der Waals surface area contributed by atoms with Gasteiger partial charge in [0.15, 0.2) is 0 Å². The van der Waals surface area contributed by atoms with Crippen molar-refractivity contribution in [3.05, 3.63) is 88.0 Å². The Morgan fingerprint density at radius 1 is 1.14 bits per heavy atom. The number of rotatable bonds is 2. The lowest BCUT2D eigenvalue weighted by Gasteiger charge is -2.47. The topological polar surface area (TPSA) is 66.7 Å². The van der Waals surface area contributed by atoms with Crippen molar-refractivity contribution < 1.29 is 18.5 Å². The highest BCUT2D eigenvalue weighted by molar-refractivity contribution is 6.30. The lowest BCUT2D eigenvalue weighted by Crippen LogP contribution is -2.58. The molecule has 1 unspecified atom stereocenters. The summed E-state index contributed by atoms with van der Waals surface area (Å²) in [6, 6.07) is 12.6. The molecule has 1 saturated heterocycles. The summed E-state index contributed by atoms with van der Waals surface area (Å²) >= 11 is 6.07. The first-order chi connectivity index (χ1) is 14.0. The second-order valence-corrected chi connectivity index (χ2v) is 7.53. The van der Waals surface area contributed by atoms with Gasteiger partial charge in [0.2, 0.25) is 5.76 Å². The summed E-state index contributed by atoms with van der Waals surface area (Å²) < 4.78 is 19.1. The molecule has 3 aromatic rings. The molecule has 1 atom stereocenters. The summed E-state index contributed by atoms with van der Waals surface area (Å²) in [6.07, 6.45) is 1.65. The quantitative estimate of drug-likeness (QED) is 0.647. The predicted octanol–water partition coefficient (Wildman–Crippen LogP) is 3.47. The Morgan fingerprint density at radius 2 is 1.93 bits per heavy atom. The zero-order chi connectivity index (χ0) is 20.2. The second-order valence-electron chi connectivity index (χ2n) is 7.09. The van der Waals surface area contributed by atoms with Crippen LogP contribution in [0.15, 0.2) is 59.3 Å². The number of aromatic nitrogens is 1. The SMILES string of the molecule is O=C(c1ccno1)N1CCN2C(=O)c3ccc(F)cc3CC12c1ccc(Cl)cc1. The van der Waals surface area contributed by atoms with E-state index in [0.717, 1.165) is 5.56 Å². The van der Waals surface area contributed by atoms with Crippen LogP contribution in [0.1, 0.15) is 32.0 Å². The highest BCUT2D eigenvalue weighted by Crippen LogP contribution is 2.45. The minimum absolute atomic E-state index is 0.0812. The van der Waals surface area contributed by atoms with Gasteiger partial charge in [-0.2, -0.15) is 0 Å². The second kappa shape index (κ2) is 6.42. The van der Waals surface area contributed by atoms with E-state index in [9.17, 15) is 14.0 Å². The molecule has 1 aromatic heterocycles. The fraction of sp³-hybridized carbons (Fsp3) is 0.190. The summed E-state index contributed by atoms with van der Waals surface area (Å²) in [7, 11) is 0. The number of amides is 2. The summed E-state index contributed by atoms with van der Waals surface area (Å²) in [5.74, 6) is -0.971. The van der Waals surface area contributed by atoms with Crippen molar-refractivity contribution in [2.45, 2.75) is 12.1 Å². The maximum absolute atomic E-state index is 14.0. The van der Waals surface area contributed by atoms with E-state index in [0.29, 0.717) is 29.2 Å². The van der Waals surface area contributed by atoms with Crippen LogP contribution in [0.25, 0.3) is 0 Å². The first-order valence-corrected chi connectivity index (χ1v) is 9.47. The van der Waals surface area contributed by atoms with Crippen LogP contribution in [-0.2, 0) is 12.1 Å². The highest BCUT2D eigenvalue weighted by Gasteiger charge is 2.56. The van der Waals surface area contributed by atoms with Crippen molar-refractivity contribution >= 4 is 23.4 Å². The molecule has 146 valence electrons. The molecule has 2 aliphatic heterocycles. The molecule has 2 aromatic carbocycles. The molecule has 6 nitrogen and oxygen atoms in total. The number of nitrogens with zero attached hydrogens (tertiary/aromatic N) is 3. The van der Waals surface area contributed by atoms with Crippen molar-refractivity contribution in [2.75, 3.05) is 13.1 Å². The zero-order valence-corrected chi connectivity index (χ0v) is 15.9. The molecular formula is C21H15ClFN3O3. The predicted molar refractivity (Wildman–Crippen MR) is 102 cm³/mol. The molecule has 1 fully saturated rings. The molecule has 0 saturated carbocycles. The standard InChI is InChI=1S/C21H15ClFN3O3/c22-15-3-1-14(2-4-15)21-12-13-11-16(23)5-6-17(13)19(27)25(21)9-10-26(21)20(28)18-7-8-24-29-18/h1-8,11H,9-10,12H2. The molecule has 0 aliphatic carbocycles. The third-order valence-corrected chi connectivity index (χ3v) is 5.87. The summed E-state index contributed by atoms with van der Waals surface area (Å²) in [6.45, 7) is 0.655. The van der Waals surface area contributed by atoms with E-state index >= 15 is 0 Å². The summed E-state index contributed by atoms with van der Waals surface area (Å²) in [5.41, 5.74) is 0.616. The Kier molecular flexibility index (Phi) is 3.96. The lowest BCUT2D eigenvalue weighted by molar-refractivity contribution is 0.00578. The molecule has 2 amide bonds. The van der Waals surface area contributed by atoms with E-state index in [4.69, 9.17) is 16.1 Å².